The van der Waals surface area contributed by atoms with E-state index in [1.165, 1.54) is 12.1 Å². The minimum absolute atomic E-state index is 0.0348. The molecule has 0 aliphatic rings. The number of benzene rings is 1. The Labute approximate surface area is 76.4 Å². The van der Waals surface area contributed by atoms with Crippen molar-refractivity contribution in [3.05, 3.63) is 24.0 Å². The molecule has 3 nitrogen and oxygen atoms in total. The van der Waals surface area contributed by atoms with E-state index >= 15 is 0 Å². The maximum absolute atomic E-state index is 12.9. The van der Waals surface area contributed by atoms with Gasteiger partial charge in [-0.05, 0) is 17.6 Å². The first-order valence-electron chi connectivity index (χ1n) is 3.42. The number of rotatable bonds is 2. The molecule has 0 aromatic heterocycles. The van der Waals surface area contributed by atoms with Gasteiger partial charge in [0.2, 0.25) is 0 Å². The Hall–Kier alpha value is -0.875. The second kappa shape index (κ2) is 3.47. The normalized spacial score (nSPS) is 11.3. The molecule has 0 saturated carbocycles. The van der Waals surface area contributed by atoms with Gasteiger partial charge >= 0.3 is 7.48 Å². The summed E-state index contributed by atoms with van der Waals surface area (Å²) in [5.74, 6) is -0.759. The number of sulfone groups is 1. The number of hydrogen-bond acceptors (Lipinski definition) is 3. The molecule has 0 atom stereocenters. The first-order chi connectivity index (χ1) is 5.95. The summed E-state index contributed by atoms with van der Waals surface area (Å²) in [6, 6.07) is 3.31. The predicted molar refractivity (Wildman–Crippen MR) is 47.1 cm³/mol. The molecule has 1 rings (SSSR count). The van der Waals surface area contributed by atoms with Gasteiger partial charge in [0.05, 0.1) is 4.90 Å². The molecule has 1 N–H and O–H groups in total. The van der Waals surface area contributed by atoms with Crippen molar-refractivity contribution in [2.45, 2.75) is 4.90 Å². The Morgan fingerprint density at radius 2 is 2.08 bits per heavy atom. The fourth-order valence-corrected chi connectivity index (χ4v) is 1.48. The van der Waals surface area contributed by atoms with E-state index < -0.39 is 15.7 Å². The van der Waals surface area contributed by atoms with Gasteiger partial charge in [-0.15, -0.1) is 0 Å². The molecule has 69 valence electrons. The van der Waals surface area contributed by atoms with Crippen LogP contribution in [0.15, 0.2) is 23.1 Å². The van der Waals surface area contributed by atoms with Gasteiger partial charge in [-0.2, -0.15) is 0 Å². The lowest BCUT2D eigenvalue weighted by Crippen LogP contribution is -2.18. The van der Waals surface area contributed by atoms with Crippen LogP contribution in [0, 0.1) is 5.82 Å². The molecule has 0 heterocycles. The summed E-state index contributed by atoms with van der Waals surface area (Å²) in [5, 5.41) is 8.50. The second-order valence-corrected chi connectivity index (χ2v) is 4.60. The lowest BCUT2D eigenvalue weighted by atomic mass is 9.88. The molecule has 0 saturated heterocycles. The molecule has 0 spiro atoms. The second-order valence-electron chi connectivity index (χ2n) is 2.58. The van der Waals surface area contributed by atoms with Crippen molar-refractivity contribution in [3.63, 3.8) is 0 Å². The zero-order valence-corrected chi connectivity index (χ0v) is 7.68. The zero-order chi connectivity index (χ0) is 10.1. The van der Waals surface area contributed by atoms with E-state index in [0.717, 1.165) is 12.3 Å². The summed E-state index contributed by atoms with van der Waals surface area (Å²) in [5.41, 5.74) is -0.0348. The summed E-state index contributed by atoms with van der Waals surface area (Å²) in [6.45, 7) is 0. The van der Waals surface area contributed by atoms with E-state index in [1.54, 1.807) is 0 Å². The van der Waals surface area contributed by atoms with Crippen molar-refractivity contribution < 1.29 is 17.8 Å². The monoisotopic (exact) mass is 201 g/mol. The van der Waals surface area contributed by atoms with Crippen LogP contribution >= 0.6 is 0 Å². The first-order valence-corrected chi connectivity index (χ1v) is 5.31. The molecular weight excluding hydrogens is 194 g/mol. The van der Waals surface area contributed by atoms with Gasteiger partial charge in [0.1, 0.15) is 5.82 Å². The molecule has 0 unspecified atom stereocenters. The Kier molecular flexibility index (Phi) is 2.73. The lowest BCUT2D eigenvalue weighted by Gasteiger charge is -2.00. The van der Waals surface area contributed by atoms with Gasteiger partial charge < -0.3 is 5.02 Å². The predicted octanol–water partition coefficient (Wildman–Crippen LogP) is -0.534. The van der Waals surface area contributed by atoms with Gasteiger partial charge in [0.15, 0.2) is 9.84 Å². The van der Waals surface area contributed by atoms with Gasteiger partial charge in [0, 0.05) is 6.26 Å². The van der Waals surface area contributed by atoms with Crippen LogP contribution in [0.1, 0.15) is 0 Å². The highest BCUT2D eigenvalue weighted by atomic mass is 32.2. The minimum Gasteiger partial charge on any atom is -0.450 e. The van der Waals surface area contributed by atoms with Gasteiger partial charge in [-0.3, -0.25) is 0 Å². The van der Waals surface area contributed by atoms with Crippen LogP contribution in [0.3, 0.4) is 0 Å². The topological polar surface area (TPSA) is 54.4 Å². The summed E-state index contributed by atoms with van der Waals surface area (Å²) in [6.07, 6.45) is 0.990. The fraction of sp³-hybridized carbons (Fsp3) is 0.143. The summed E-state index contributed by atoms with van der Waals surface area (Å²) < 4.78 is 34.8. The highest BCUT2D eigenvalue weighted by molar-refractivity contribution is 7.90. The highest BCUT2D eigenvalue weighted by Crippen LogP contribution is 2.08. The Bertz CT molecular complexity index is 416. The van der Waals surface area contributed by atoms with Gasteiger partial charge in [-0.25, -0.2) is 12.8 Å². The molecular formula is C7H7BFO3S. The molecule has 13 heavy (non-hydrogen) atoms. The van der Waals surface area contributed by atoms with E-state index in [1.807, 2.05) is 0 Å². The lowest BCUT2D eigenvalue weighted by molar-refractivity contribution is 0.592. The molecule has 6 heteroatoms. The molecule has 1 aromatic rings. The zero-order valence-electron chi connectivity index (χ0n) is 6.86. The minimum atomic E-state index is -3.39. The van der Waals surface area contributed by atoms with Crippen LogP contribution in [0.5, 0.6) is 0 Å². The smallest absolute Gasteiger partial charge is 0.329 e. The van der Waals surface area contributed by atoms with Gasteiger partial charge in [-0.1, -0.05) is 6.07 Å². The molecule has 1 radical (unpaired) electrons. The molecule has 0 amide bonds. The van der Waals surface area contributed by atoms with Crippen LogP contribution < -0.4 is 5.46 Å². The third-order valence-electron chi connectivity index (χ3n) is 1.54. The van der Waals surface area contributed by atoms with Crippen LogP contribution in [0.2, 0.25) is 0 Å². The molecule has 1 aromatic carbocycles. The van der Waals surface area contributed by atoms with Crippen molar-refractivity contribution in [2.75, 3.05) is 6.26 Å². The maximum Gasteiger partial charge on any atom is 0.329 e. The SMILES string of the molecule is CS(=O)(=O)c1ccc([B]O)c(F)c1. The molecule has 0 aliphatic heterocycles. The van der Waals surface area contributed by atoms with Crippen molar-refractivity contribution in [2.24, 2.45) is 0 Å². The van der Waals surface area contributed by atoms with E-state index in [0.29, 0.717) is 7.48 Å². The fourth-order valence-electron chi connectivity index (χ4n) is 0.843. The molecule has 0 aliphatic carbocycles. The van der Waals surface area contributed by atoms with Crippen LogP contribution in [0.4, 0.5) is 4.39 Å². The Morgan fingerprint density at radius 1 is 1.46 bits per heavy atom. The van der Waals surface area contributed by atoms with Crippen molar-refractivity contribution in [3.8, 4) is 0 Å². The largest absolute Gasteiger partial charge is 0.450 e. The highest BCUT2D eigenvalue weighted by Gasteiger charge is 2.10. The van der Waals surface area contributed by atoms with Crippen molar-refractivity contribution >= 4 is 22.8 Å². The average molecular weight is 201 g/mol. The van der Waals surface area contributed by atoms with E-state index in [4.69, 9.17) is 5.02 Å². The summed E-state index contributed by atoms with van der Waals surface area (Å²) in [7, 11) is -2.80. The first kappa shape index (κ1) is 10.2. The quantitative estimate of drug-likeness (QED) is 0.654. The summed E-state index contributed by atoms with van der Waals surface area (Å²) in [4.78, 5) is -0.101. The van der Waals surface area contributed by atoms with E-state index in [-0.39, 0.29) is 10.4 Å². The van der Waals surface area contributed by atoms with Crippen molar-refractivity contribution in [1.29, 1.82) is 0 Å². The van der Waals surface area contributed by atoms with Crippen LogP contribution in [0.25, 0.3) is 0 Å². The Morgan fingerprint density at radius 3 is 2.46 bits per heavy atom. The molecule has 0 bridgehead atoms. The van der Waals surface area contributed by atoms with Crippen molar-refractivity contribution in [1.82, 2.24) is 0 Å². The van der Waals surface area contributed by atoms with Gasteiger partial charge in [0.25, 0.3) is 0 Å². The van der Waals surface area contributed by atoms with E-state index in [9.17, 15) is 12.8 Å². The Balaban J connectivity index is 3.26. The van der Waals surface area contributed by atoms with E-state index in [2.05, 4.69) is 0 Å². The third-order valence-corrected chi connectivity index (χ3v) is 2.65. The maximum atomic E-state index is 12.9. The van der Waals surface area contributed by atoms with Crippen LogP contribution in [-0.2, 0) is 9.84 Å². The molecule has 0 fully saturated rings. The number of hydrogen-bond donors (Lipinski definition) is 1. The standard InChI is InChI=1S/C7H7BFO3S/c1-13(11,12)5-2-3-6(8-10)7(9)4-5/h2-4,10H,1H3. The average Bonchev–Trinajstić information content (AvgIpc) is 2.02. The number of halogens is 1. The third kappa shape index (κ3) is 2.29. The van der Waals surface area contributed by atoms with Crippen LogP contribution in [-0.4, -0.2) is 27.2 Å². The summed E-state index contributed by atoms with van der Waals surface area (Å²) >= 11 is 0.